The molecule has 1 N–H and O–H groups in total. The van der Waals surface area contributed by atoms with Gasteiger partial charge in [0.1, 0.15) is 12.4 Å². The van der Waals surface area contributed by atoms with Crippen molar-refractivity contribution < 1.29 is 9.47 Å². The number of benzene rings is 1. The Balaban J connectivity index is 1.81. The van der Waals surface area contributed by atoms with Crippen molar-refractivity contribution in [3.63, 3.8) is 0 Å². The second-order valence-electron chi connectivity index (χ2n) is 5.20. The summed E-state index contributed by atoms with van der Waals surface area (Å²) in [5.74, 6) is 0.995. The molecule has 0 saturated carbocycles. The SMILES string of the molecule is CCNCc1ccccc1OCCN1CCOCC1C. The smallest absolute Gasteiger partial charge is 0.123 e. The molecular weight excluding hydrogens is 252 g/mol. The molecule has 0 spiro atoms. The lowest BCUT2D eigenvalue weighted by molar-refractivity contribution is -0.00518. The summed E-state index contributed by atoms with van der Waals surface area (Å²) in [6.45, 7) is 10.5. The molecule has 0 radical (unpaired) electrons. The van der Waals surface area contributed by atoms with Crippen LogP contribution in [-0.4, -0.2) is 50.4 Å². The maximum atomic E-state index is 5.96. The van der Waals surface area contributed by atoms with E-state index in [9.17, 15) is 0 Å². The Morgan fingerprint density at radius 1 is 1.40 bits per heavy atom. The lowest BCUT2D eigenvalue weighted by Gasteiger charge is -2.33. The minimum Gasteiger partial charge on any atom is -0.492 e. The molecule has 4 nitrogen and oxygen atoms in total. The van der Waals surface area contributed by atoms with E-state index < -0.39 is 0 Å². The van der Waals surface area contributed by atoms with Gasteiger partial charge >= 0.3 is 0 Å². The van der Waals surface area contributed by atoms with E-state index in [4.69, 9.17) is 9.47 Å². The standard InChI is InChI=1S/C16H26N2O2/c1-3-17-12-15-6-4-5-7-16(15)20-11-9-18-8-10-19-13-14(18)2/h4-7,14,17H,3,8-13H2,1-2H3. The number of rotatable bonds is 7. The maximum Gasteiger partial charge on any atom is 0.123 e. The summed E-state index contributed by atoms with van der Waals surface area (Å²) in [7, 11) is 0. The molecule has 1 saturated heterocycles. The maximum absolute atomic E-state index is 5.96. The summed E-state index contributed by atoms with van der Waals surface area (Å²) in [6, 6.07) is 8.75. The van der Waals surface area contributed by atoms with Gasteiger partial charge in [-0.05, 0) is 19.5 Å². The van der Waals surface area contributed by atoms with Gasteiger partial charge in [0.25, 0.3) is 0 Å². The molecule has 4 heteroatoms. The highest BCUT2D eigenvalue weighted by atomic mass is 16.5. The van der Waals surface area contributed by atoms with Crippen LogP contribution in [-0.2, 0) is 11.3 Å². The lowest BCUT2D eigenvalue weighted by atomic mass is 10.2. The molecule has 0 amide bonds. The molecule has 1 aromatic carbocycles. The van der Waals surface area contributed by atoms with E-state index in [1.54, 1.807) is 0 Å². The molecule has 0 aromatic heterocycles. The van der Waals surface area contributed by atoms with Crippen LogP contribution >= 0.6 is 0 Å². The van der Waals surface area contributed by atoms with Crippen LogP contribution in [0.5, 0.6) is 5.75 Å². The van der Waals surface area contributed by atoms with Gasteiger partial charge in [0.2, 0.25) is 0 Å². The molecule has 20 heavy (non-hydrogen) atoms. The molecule has 0 aliphatic carbocycles. The summed E-state index contributed by atoms with van der Waals surface area (Å²) >= 11 is 0. The molecule has 2 rings (SSSR count). The highest BCUT2D eigenvalue weighted by molar-refractivity contribution is 5.33. The largest absolute Gasteiger partial charge is 0.492 e. The first-order valence-corrected chi connectivity index (χ1v) is 7.54. The van der Waals surface area contributed by atoms with Crippen molar-refractivity contribution in [2.24, 2.45) is 0 Å². The van der Waals surface area contributed by atoms with Crippen molar-refractivity contribution in [1.29, 1.82) is 0 Å². The van der Waals surface area contributed by atoms with Gasteiger partial charge in [-0.1, -0.05) is 25.1 Å². The van der Waals surface area contributed by atoms with E-state index >= 15 is 0 Å². The molecule has 112 valence electrons. The van der Waals surface area contributed by atoms with Crippen LogP contribution in [0.2, 0.25) is 0 Å². The molecule has 1 aliphatic heterocycles. The third-order valence-electron chi connectivity index (χ3n) is 3.68. The van der Waals surface area contributed by atoms with Crippen LogP contribution < -0.4 is 10.1 Å². The first kappa shape index (κ1) is 15.3. The second kappa shape index (κ2) is 8.25. The van der Waals surface area contributed by atoms with Crippen molar-refractivity contribution in [3.8, 4) is 5.75 Å². The van der Waals surface area contributed by atoms with Gasteiger partial charge in [0.15, 0.2) is 0 Å². The molecule has 1 heterocycles. The predicted molar refractivity (Wildman–Crippen MR) is 81.2 cm³/mol. The Morgan fingerprint density at radius 3 is 3.05 bits per heavy atom. The minimum absolute atomic E-state index is 0.490. The Bertz CT molecular complexity index is 398. The van der Waals surface area contributed by atoms with Crippen LogP contribution in [0.25, 0.3) is 0 Å². The average molecular weight is 278 g/mol. The monoisotopic (exact) mass is 278 g/mol. The first-order valence-electron chi connectivity index (χ1n) is 7.54. The summed E-state index contributed by atoms with van der Waals surface area (Å²) in [4.78, 5) is 2.43. The number of para-hydroxylation sites is 1. The fourth-order valence-corrected chi connectivity index (χ4v) is 2.42. The Kier molecular flexibility index (Phi) is 6.30. The average Bonchev–Trinajstić information content (AvgIpc) is 2.48. The van der Waals surface area contributed by atoms with E-state index in [0.717, 1.165) is 51.7 Å². The minimum atomic E-state index is 0.490. The predicted octanol–water partition coefficient (Wildman–Crippen LogP) is 1.90. The number of nitrogens with one attached hydrogen (secondary N) is 1. The van der Waals surface area contributed by atoms with Gasteiger partial charge in [-0.2, -0.15) is 0 Å². The zero-order valence-corrected chi connectivity index (χ0v) is 12.6. The van der Waals surface area contributed by atoms with Crippen molar-refractivity contribution in [2.45, 2.75) is 26.4 Å². The summed E-state index contributed by atoms with van der Waals surface area (Å²) in [5, 5.41) is 3.34. The van der Waals surface area contributed by atoms with Gasteiger partial charge in [-0.3, -0.25) is 4.90 Å². The molecule has 0 bridgehead atoms. The van der Waals surface area contributed by atoms with E-state index in [1.807, 2.05) is 6.07 Å². The normalized spacial score (nSPS) is 20.0. The first-order chi connectivity index (χ1) is 9.81. The third kappa shape index (κ3) is 4.47. The highest BCUT2D eigenvalue weighted by Gasteiger charge is 2.18. The van der Waals surface area contributed by atoms with Crippen LogP contribution in [0, 0.1) is 0 Å². The van der Waals surface area contributed by atoms with Crippen LogP contribution in [0.4, 0.5) is 0 Å². The quantitative estimate of drug-likeness (QED) is 0.826. The van der Waals surface area contributed by atoms with Gasteiger partial charge < -0.3 is 14.8 Å². The van der Waals surface area contributed by atoms with E-state index in [0.29, 0.717) is 6.04 Å². The summed E-state index contributed by atoms with van der Waals surface area (Å²) in [5.41, 5.74) is 1.23. The van der Waals surface area contributed by atoms with Gasteiger partial charge in [-0.25, -0.2) is 0 Å². The van der Waals surface area contributed by atoms with E-state index in [2.05, 4.69) is 42.3 Å². The Morgan fingerprint density at radius 2 is 2.25 bits per heavy atom. The Labute approximate surface area is 122 Å². The van der Waals surface area contributed by atoms with Crippen molar-refractivity contribution >= 4 is 0 Å². The fraction of sp³-hybridized carbons (Fsp3) is 0.625. The zero-order chi connectivity index (χ0) is 14.2. The van der Waals surface area contributed by atoms with Crippen molar-refractivity contribution in [2.75, 3.05) is 39.5 Å². The number of hydrogen-bond acceptors (Lipinski definition) is 4. The molecule has 1 fully saturated rings. The van der Waals surface area contributed by atoms with Gasteiger partial charge in [0.05, 0.1) is 13.2 Å². The molecule has 1 aromatic rings. The number of ether oxygens (including phenoxy) is 2. The molecule has 1 atom stereocenters. The fourth-order valence-electron chi connectivity index (χ4n) is 2.42. The Hall–Kier alpha value is -1.10. The highest BCUT2D eigenvalue weighted by Crippen LogP contribution is 2.17. The summed E-state index contributed by atoms with van der Waals surface area (Å²) in [6.07, 6.45) is 0. The van der Waals surface area contributed by atoms with Crippen molar-refractivity contribution in [3.05, 3.63) is 29.8 Å². The van der Waals surface area contributed by atoms with Crippen LogP contribution in [0.1, 0.15) is 19.4 Å². The molecular formula is C16H26N2O2. The number of nitrogens with zero attached hydrogens (tertiary/aromatic N) is 1. The topological polar surface area (TPSA) is 33.7 Å². The number of hydrogen-bond donors (Lipinski definition) is 1. The van der Waals surface area contributed by atoms with E-state index in [-0.39, 0.29) is 0 Å². The molecule has 1 unspecified atom stereocenters. The van der Waals surface area contributed by atoms with Gasteiger partial charge in [-0.15, -0.1) is 0 Å². The van der Waals surface area contributed by atoms with Crippen LogP contribution in [0.15, 0.2) is 24.3 Å². The van der Waals surface area contributed by atoms with Crippen LogP contribution in [0.3, 0.4) is 0 Å². The lowest BCUT2D eigenvalue weighted by Crippen LogP contribution is -2.45. The third-order valence-corrected chi connectivity index (χ3v) is 3.68. The zero-order valence-electron chi connectivity index (χ0n) is 12.6. The van der Waals surface area contributed by atoms with E-state index in [1.165, 1.54) is 5.56 Å². The molecule has 1 aliphatic rings. The number of morpholine rings is 1. The second-order valence-corrected chi connectivity index (χ2v) is 5.20. The van der Waals surface area contributed by atoms with Gasteiger partial charge in [0, 0.05) is 31.2 Å². The van der Waals surface area contributed by atoms with Crippen molar-refractivity contribution in [1.82, 2.24) is 10.2 Å². The summed E-state index contributed by atoms with van der Waals surface area (Å²) < 4.78 is 11.4.